The lowest BCUT2D eigenvalue weighted by Gasteiger charge is -2.04. The minimum absolute atomic E-state index is 0.343. The van der Waals surface area contributed by atoms with E-state index in [-0.39, 0.29) is 5.82 Å². The number of rotatable bonds is 3. The van der Waals surface area contributed by atoms with Crippen LogP contribution in [-0.2, 0) is 5.75 Å². The molecule has 0 radical (unpaired) electrons. The normalized spacial score (nSPS) is 11.1. The summed E-state index contributed by atoms with van der Waals surface area (Å²) < 4.78 is 13.0. The number of hydrogen-bond donors (Lipinski definition) is 1. The first-order chi connectivity index (χ1) is 9.63. The zero-order valence-corrected chi connectivity index (χ0v) is 12.5. The molecule has 3 nitrogen and oxygen atoms in total. The van der Waals surface area contributed by atoms with Crippen LogP contribution in [0.1, 0.15) is 5.56 Å². The third-order valence-electron chi connectivity index (χ3n) is 2.71. The van der Waals surface area contributed by atoms with Crippen molar-refractivity contribution in [2.24, 2.45) is 0 Å². The van der Waals surface area contributed by atoms with Crippen molar-refractivity contribution in [3.8, 4) is 0 Å². The fraction of sp³-hybridized carbons (Fsp3) is 0.0769. The number of nitrogens with zero attached hydrogens (tertiary/aromatic N) is 2. The van der Waals surface area contributed by atoms with E-state index in [2.05, 4.69) is 9.97 Å². The highest BCUT2D eigenvalue weighted by Gasteiger charge is 2.08. The van der Waals surface area contributed by atoms with Crippen LogP contribution in [0.5, 0.6) is 0 Å². The Labute approximate surface area is 128 Å². The second kappa shape index (κ2) is 5.55. The maximum atomic E-state index is 13.0. The van der Waals surface area contributed by atoms with Gasteiger partial charge in [0.2, 0.25) is 0 Å². The van der Waals surface area contributed by atoms with Crippen molar-refractivity contribution in [3.05, 3.63) is 46.0 Å². The van der Waals surface area contributed by atoms with Gasteiger partial charge in [-0.05, 0) is 29.1 Å². The first-order valence-corrected chi connectivity index (χ1v) is 7.95. The highest BCUT2D eigenvalue weighted by Crippen LogP contribution is 2.29. The molecular weight excluding hydrogens is 317 g/mol. The molecule has 0 amide bonds. The van der Waals surface area contributed by atoms with Crippen molar-refractivity contribution in [3.63, 3.8) is 0 Å². The summed E-state index contributed by atoms with van der Waals surface area (Å²) in [4.78, 5) is 9.55. The second-order valence-corrected chi connectivity index (χ2v) is 6.30. The Kier molecular flexibility index (Phi) is 3.78. The van der Waals surface area contributed by atoms with Gasteiger partial charge in [-0.15, -0.1) is 11.3 Å². The SMILES string of the molecule is Nc1nc(SCc2ccc(F)cc2Cl)nc2sccc12. The smallest absolute Gasteiger partial charge is 0.191 e. The number of nitrogen functional groups attached to an aromatic ring is 1. The van der Waals surface area contributed by atoms with Crippen molar-refractivity contribution < 1.29 is 4.39 Å². The number of fused-ring (bicyclic) bond motifs is 1. The predicted octanol–water partition coefficient (Wildman–Crippen LogP) is 4.36. The molecule has 2 N–H and O–H groups in total. The Balaban J connectivity index is 1.82. The number of halogens is 2. The van der Waals surface area contributed by atoms with Crippen LogP contribution in [0.15, 0.2) is 34.8 Å². The molecule has 0 spiro atoms. The first kappa shape index (κ1) is 13.6. The molecule has 0 bridgehead atoms. The molecule has 0 atom stereocenters. The van der Waals surface area contributed by atoms with Crippen LogP contribution in [0.2, 0.25) is 5.02 Å². The molecular formula is C13H9ClFN3S2. The average molecular weight is 326 g/mol. The molecule has 20 heavy (non-hydrogen) atoms. The highest BCUT2D eigenvalue weighted by atomic mass is 35.5. The summed E-state index contributed by atoms with van der Waals surface area (Å²) in [6.07, 6.45) is 0. The fourth-order valence-electron chi connectivity index (χ4n) is 1.70. The Morgan fingerprint density at radius 1 is 1.30 bits per heavy atom. The summed E-state index contributed by atoms with van der Waals surface area (Å²) in [5.41, 5.74) is 6.73. The minimum Gasteiger partial charge on any atom is -0.383 e. The van der Waals surface area contributed by atoms with Gasteiger partial charge in [0, 0.05) is 10.8 Å². The van der Waals surface area contributed by atoms with Gasteiger partial charge in [0.1, 0.15) is 16.5 Å². The predicted molar refractivity (Wildman–Crippen MR) is 82.8 cm³/mol. The van der Waals surface area contributed by atoms with Crippen molar-refractivity contribution in [2.75, 3.05) is 5.73 Å². The maximum absolute atomic E-state index is 13.0. The van der Waals surface area contributed by atoms with Gasteiger partial charge < -0.3 is 5.73 Å². The summed E-state index contributed by atoms with van der Waals surface area (Å²) in [5.74, 6) is 0.698. The quantitative estimate of drug-likeness (QED) is 0.574. The molecule has 0 aliphatic heterocycles. The van der Waals surface area contributed by atoms with E-state index >= 15 is 0 Å². The summed E-state index contributed by atoms with van der Waals surface area (Å²) in [7, 11) is 0. The maximum Gasteiger partial charge on any atom is 0.191 e. The molecule has 0 aliphatic carbocycles. The minimum atomic E-state index is -0.343. The monoisotopic (exact) mass is 325 g/mol. The largest absolute Gasteiger partial charge is 0.383 e. The molecule has 7 heteroatoms. The van der Waals surface area contributed by atoms with E-state index in [9.17, 15) is 4.39 Å². The van der Waals surface area contributed by atoms with Crippen LogP contribution in [-0.4, -0.2) is 9.97 Å². The van der Waals surface area contributed by atoms with Crippen LogP contribution in [0.3, 0.4) is 0 Å². The summed E-state index contributed by atoms with van der Waals surface area (Å²) in [6, 6.07) is 6.26. The van der Waals surface area contributed by atoms with E-state index in [0.717, 1.165) is 15.8 Å². The number of benzene rings is 1. The second-order valence-electron chi connectivity index (χ2n) is 4.06. The number of aromatic nitrogens is 2. The van der Waals surface area contributed by atoms with Crippen molar-refractivity contribution in [1.82, 2.24) is 9.97 Å². The molecule has 0 saturated carbocycles. The van der Waals surface area contributed by atoms with Gasteiger partial charge in [-0.2, -0.15) is 0 Å². The lowest BCUT2D eigenvalue weighted by atomic mass is 10.2. The van der Waals surface area contributed by atoms with E-state index < -0.39 is 0 Å². The van der Waals surface area contributed by atoms with Gasteiger partial charge in [-0.25, -0.2) is 14.4 Å². The molecule has 0 saturated heterocycles. The first-order valence-electron chi connectivity index (χ1n) is 5.71. The van der Waals surface area contributed by atoms with Crippen LogP contribution in [0.25, 0.3) is 10.2 Å². The summed E-state index contributed by atoms with van der Waals surface area (Å²) in [6.45, 7) is 0. The fourth-order valence-corrected chi connectivity index (χ4v) is 3.70. The van der Waals surface area contributed by atoms with E-state index in [4.69, 9.17) is 17.3 Å². The third kappa shape index (κ3) is 2.72. The van der Waals surface area contributed by atoms with Gasteiger partial charge in [-0.1, -0.05) is 29.4 Å². The van der Waals surface area contributed by atoms with Gasteiger partial charge in [0.25, 0.3) is 0 Å². The lowest BCUT2D eigenvalue weighted by Crippen LogP contribution is -1.95. The molecule has 1 aromatic carbocycles. The van der Waals surface area contributed by atoms with Crippen molar-refractivity contribution in [2.45, 2.75) is 10.9 Å². The van der Waals surface area contributed by atoms with Gasteiger partial charge in [0.15, 0.2) is 5.16 Å². The van der Waals surface area contributed by atoms with Crippen molar-refractivity contribution >= 4 is 50.7 Å². The van der Waals surface area contributed by atoms with Crippen LogP contribution in [0, 0.1) is 5.82 Å². The van der Waals surface area contributed by atoms with E-state index in [1.807, 2.05) is 11.4 Å². The highest BCUT2D eigenvalue weighted by molar-refractivity contribution is 7.98. The number of nitrogens with two attached hydrogens (primary N) is 1. The number of thioether (sulfide) groups is 1. The van der Waals surface area contributed by atoms with E-state index in [1.165, 1.54) is 35.2 Å². The van der Waals surface area contributed by atoms with Gasteiger partial charge in [-0.3, -0.25) is 0 Å². The van der Waals surface area contributed by atoms with E-state index in [1.54, 1.807) is 6.07 Å². The van der Waals surface area contributed by atoms with Crippen LogP contribution in [0.4, 0.5) is 10.2 Å². The standard InChI is InChI=1S/C13H9ClFN3S2/c14-10-5-8(15)2-1-7(10)6-20-13-17-11(16)9-3-4-19-12(9)18-13/h1-5H,6H2,(H2,16,17,18). The number of hydrogen-bond acceptors (Lipinski definition) is 5. The summed E-state index contributed by atoms with van der Waals surface area (Å²) >= 11 is 8.93. The van der Waals surface area contributed by atoms with Crippen LogP contribution < -0.4 is 5.73 Å². The Morgan fingerprint density at radius 3 is 2.95 bits per heavy atom. The number of thiophene rings is 1. The average Bonchev–Trinajstić information content (AvgIpc) is 2.86. The third-order valence-corrected chi connectivity index (χ3v) is 4.76. The van der Waals surface area contributed by atoms with Crippen LogP contribution >= 0.6 is 34.7 Å². The molecule has 0 fully saturated rings. The zero-order chi connectivity index (χ0) is 14.1. The molecule has 3 rings (SSSR count). The topological polar surface area (TPSA) is 51.8 Å². The summed E-state index contributed by atoms with van der Waals surface area (Å²) in [5, 5.41) is 3.81. The Hall–Kier alpha value is -1.37. The molecule has 0 unspecified atom stereocenters. The van der Waals surface area contributed by atoms with Crippen molar-refractivity contribution in [1.29, 1.82) is 0 Å². The molecule has 2 aromatic heterocycles. The number of anilines is 1. The molecule has 102 valence electrons. The van der Waals surface area contributed by atoms with E-state index in [0.29, 0.717) is 21.7 Å². The lowest BCUT2D eigenvalue weighted by molar-refractivity contribution is 0.627. The van der Waals surface area contributed by atoms with Gasteiger partial charge >= 0.3 is 0 Å². The molecule has 2 heterocycles. The zero-order valence-electron chi connectivity index (χ0n) is 10.1. The Morgan fingerprint density at radius 2 is 2.15 bits per heavy atom. The van der Waals surface area contributed by atoms with Gasteiger partial charge in [0.05, 0.1) is 5.39 Å². The Bertz CT molecular complexity index is 775. The molecule has 3 aromatic rings. The molecule has 0 aliphatic rings.